The second kappa shape index (κ2) is 10.5. The summed E-state index contributed by atoms with van der Waals surface area (Å²) in [5.74, 6) is -0.719. The number of rotatable bonds is 7. The Labute approximate surface area is 215 Å². The zero-order valence-corrected chi connectivity index (χ0v) is 20.4. The third kappa shape index (κ3) is 5.50. The van der Waals surface area contributed by atoms with Crippen molar-refractivity contribution in [2.75, 3.05) is 11.9 Å². The summed E-state index contributed by atoms with van der Waals surface area (Å²) in [6, 6.07) is 15.4. The Balaban J connectivity index is 1.57. The summed E-state index contributed by atoms with van der Waals surface area (Å²) in [7, 11) is 0. The largest absolute Gasteiger partial charge is 0.476 e. The van der Waals surface area contributed by atoms with Gasteiger partial charge in [0.05, 0.1) is 26.5 Å². The quantitative estimate of drug-likeness (QED) is 0.195. The number of H-pyrrole nitrogens is 1. The topological polar surface area (TPSA) is 149 Å². The Bertz CT molecular complexity index is 1630. The van der Waals surface area contributed by atoms with Gasteiger partial charge in [-0.1, -0.05) is 23.7 Å². The van der Waals surface area contributed by atoms with Crippen LogP contribution in [0, 0.1) is 10.1 Å². The van der Waals surface area contributed by atoms with Crippen LogP contribution < -0.4 is 21.3 Å². The summed E-state index contributed by atoms with van der Waals surface area (Å²) in [4.78, 5) is 50.6. The Morgan fingerprint density at radius 3 is 2.64 bits per heavy atom. The van der Waals surface area contributed by atoms with Crippen molar-refractivity contribution in [3.8, 4) is 5.75 Å². The zero-order valence-electron chi connectivity index (χ0n) is 18.1. The average Bonchev–Trinajstić information content (AvgIpc) is 2.84. The molecule has 0 saturated carbocycles. The van der Waals surface area contributed by atoms with Crippen molar-refractivity contribution < 1.29 is 14.5 Å². The standard InChI is InChI=1S/C23H15BrClN5O6/c24-17-9-13(11-26-29-22(32)16-3-1-2-4-18(16)28-23(29)33)10-19(30(34)35)21(17)36-12-20(31)27-15-7-5-14(25)6-8-15/h1-11H,12H2,(H,27,31)(H,28,33). The molecule has 1 aromatic heterocycles. The molecule has 0 aliphatic heterocycles. The highest BCUT2D eigenvalue weighted by atomic mass is 79.9. The number of carbonyl (C=O) groups is 1. The van der Waals surface area contributed by atoms with Gasteiger partial charge < -0.3 is 15.0 Å². The van der Waals surface area contributed by atoms with E-state index in [0.717, 1.165) is 12.3 Å². The molecule has 1 amide bonds. The van der Waals surface area contributed by atoms with Crippen molar-refractivity contribution in [3.05, 3.63) is 107 Å². The van der Waals surface area contributed by atoms with Crippen LogP contribution >= 0.6 is 27.5 Å². The molecular formula is C23H15BrClN5O6. The molecule has 4 aromatic rings. The maximum atomic E-state index is 12.6. The SMILES string of the molecule is O=C(COc1c(Br)cc(C=Nn2c(=O)[nH]c3ccccc3c2=O)cc1[N+](=O)[O-])Nc1ccc(Cl)cc1. The molecule has 0 atom stereocenters. The van der Waals surface area contributed by atoms with Gasteiger partial charge in [-0.05, 0) is 58.4 Å². The van der Waals surface area contributed by atoms with E-state index in [1.54, 1.807) is 42.5 Å². The Hall–Kier alpha value is -4.29. The number of carbonyl (C=O) groups excluding carboxylic acids is 1. The van der Waals surface area contributed by atoms with Gasteiger partial charge >= 0.3 is 11.4 Å². The third-order valence-corrected chi connectivity index (χ3v) is 5.67. The van der Waals surface area contributed by atoms with E-state index in [1.807, 2.05) is 0 Å². The molecule has 13 heteroatoms. The van der Waals surface area contributed by atoms with E-state index in [4.69, 9.17) is 16.3 Å². The van der Waals surface area contributed by atoms with Crippen LogP contribution in [0.1, 0.15) is 5.56 Å². The van der Waals surface area contributed by atoms with Crippen molar-refractivity contribution >= 4 is 61.9 Å². The number of ether oxygens (including phenoxy) is 1. The van der Waals surface area contributed by atoms with Gasteiger partial charge in [-0.3, -0.25) is 19.7 Å². The highest BCUT2D eigenvalue weighted by Gasteiger charge is 2.21. The molecule has 4 rings (SSSR count). The van der Waals surface area contributed by atoms with E-state index in [2.05, 4.69) is 31.3 Å². The maximum Gasteiger partial charge on any atom is 0.349 e. The molecule has 0 fully saturated rings. The van der Waals surface area contributed by atoms with Gasteiger partial charge in [0, 0.05) is 22.3 Å². The minimum Gasteiger partial charge on any atom is -0.476 e. The molecule has 0 aliphatic carbocycles. The van der Waals surface area contributed by atoms with Crippen LogP contribution in [0.3, 0.4) is 0 Å². The predicted molar refractivity (Wildman–Crippen MR) is 138 cm³/mol. The van der Waals surface area contributed by atoms with Gasteiger partial charge in [-0.15, -0.1) is 4.68 Å². The lowest BCUT2D eigenvalue weighted by Crippen LogP contribution is -2.32. The first kappa shape index (κ1) is 24.8. The first-order valence-corrected chi connectivity index (χ1v) is 11.3. The Morgan fingerprint density at radius 1 is 1.19 bits per heavy atom. The van der Waals surface area contributed by atoms with E-state index in [0.29, 0.717) is 20.9 Å². The van der Waals surface area contributed by atoms with Crippen molar-refractivity contribution in [3.63, 3.8) is 0 Å². The normalized spacial score (nSPS) is 11.1. The van der Waals surface area contributed by atoms with Crippen LogP contribution in [0.5, 0.6) is 5.75 Å². The molecule has 11 nitrogen and oxygen atoms in total. The number of anilines is 1. The van der Waals surface area contributed by atoms with Gasteiger partial charge in [-0.25, -0.2) is 4.79 Å². The number of benzene rings is 3. The molecular weight excluding hydrogens is 558 g/mol. The van der Waals surface area contributed by atoms with Crippen molar-refractivity contribution in [2.45, 2.75) is 0 Å². The summed E-state index contributed by atoms with van der Waals surface area (Å²) in [5.41, 5.74) is -0.831. The Morgan fingerprint density at radius 2 is 1.92 bits per heavy atom. The number of amides is 1. The fourth-order valence-electron chi connectivity index (χ4n) is 3.20. The number of nitro benzene ring substituents is 1. The van der Waals surface area contributed by atoms with Gasteiger partial charge in [0.2, 0.25) is 5.75 Å². The lowest BCUT2D eigenvalue weighted by atomic mass is 10.2. The second-order valence-electron chi connectivity index (χ2n) is 7.29. The minimum absolute atomic E-state index is 0.164. The van der Waals surface area contributed by atoms with Crippen LogP contribution in [0.25, 0.3) is 10.9 Å². The number of hydrogen-bond acceptors (Lipinski definition) is 7. The van der Waals surface area contributed by atoms with Gasteiger partial charge in [-0.2, -0.15) is 5.10 Å². The number of para-hydroxylation sites is 1. The highest BCUT2D eigenvalue weighted by Crippen LogP contribution is 2.36. The van der Waals surface area contributed by atoms with Crippen LogP contribution in [0.4, 0.5) is 11.4 Å². The smallest absolute Gasteiger partial charge is 0.349 e. The predicted octanol–water partition coefficient (Wildman–Crippen LogP) is 3.91. The van der Waals surface area contributed by atoms with Gasteiger partial charge in [0.15, 0.2) is 6.61 Å². The zero-order chi connectivity index (χ0) is 25.8. The van der Waals surface area contributed by atoms with Crippen LogP contribution in [0.2, 0.25) is 5.02 Å². The maximum absolute atomic E-state index is 12.6. The number of nitrogens with zero attached hydrogens (tertiary/aromatic N) is 3. The summed E-state index contributed by atoms with van der Waals surface area (Å²) in [5, 5.41) is 18.9. The molecule has 1 heterocycles. The fourth-order valence-corrected chi connectivity index (χ4v) is 3.91. The molecule has 36 heavy (non-hydrogen) atoms. The first-order valence-electron chi connectivity index (χ1n) is 10.2. The van der Waals surface area contributed by atoms with E-state index >= 15 is 0 Å². The van der Waals surface area contributed by atoms with Gasteiger partial charge in [0.1, 0.15) is 0 Å². The van der Waals surface area contributed by atoms with Crippen LogP contribution in [-0.2, 0) is 4.79 Å². The fraction of sp³-hybridized carbons (Fsp3) is 0.0435. The summed E-state index contributed by atoms with van der Waals surface area (Å²) in [6.45, 7) is -0.503. The number of aromatic nitrogens is 2. The monoisotopic (exact) mass is 571 g/mol. The first-order chi connectivity index (χ1) is 17.2. The molecule has 182 valence electrons. The number of halogens is 2. The summed E-state index contributed by atoms with van der Waals surface area (Å²) in [6.07, 6.45) is 1.13. The van der Waals surface area contributed by atoms with Crippen molar-refractivity contribution in [1.82, 2.24) is 9.66 Å². The van der Waals surface area contributed by atoms with E-state index in [-0.39, 0.29) is 21.2 Å². The summed E-state index contributed by atoms with van der Waals surface area (Å²) >= 11 is 9.02. The van der Waals surface area contributed by atoms with Crippen molar-refractivity contribution in [2.24, 2.45) is 5.10 Å². The number of aromatic amines is 1. The number of fused-ring (bicyclic) bond motifs is 1. The molecule has 0 radical (unpaired) electrons. The second-order valence-corrected chi connectivity index (χ2v) is 8.58. The lowest BCUT2D eigenvalue weighted by Gasteiger charge is -2.10. The molecule has 0 aliphatic rings. The lowest BCUT2D eigenvalue weighted by molar-refractivity contribution is -0.385. The summed E-state index contributed by atoms with van der Waals surface area (Å²) < 4.78 is 6.19. The molecule has 0 unspecified atom stereocenters. The van der Waals surface area contributed by atoms with Crippen LogP contribution in [-0.4, -0.2) is 33.3 Å². The molecule has 3 aromatic carbocycles. The van der Waals surface area contributed by atoms with E-state index < -0.39 is 34.4 Å². The molecule has 0 saturated heterocycles. The van der Waals surface area contributed by atoms with Crippen LogP contribution in [0.15, 0.2) is 79.8 Å². The molecule has 0 spiro atoms. The number of nitro groups is 1. The third-order valence-electron chi connectivity index (χ3n) is 4.82. The van der Waals surface area contributed by atoms with Gasteiger partial charge in [0.25, 0.3) is 11.5 Å². The average molecular weight is 573 g/mol. The Kier molecular flexibility index (Phi) is 7.27. The minimum atomic E-state index is -0.768. The molecule has 2 N–H and O–H groups in total. The molecule has 0 bridgehead atoms. The number of nitrogens with one attached hydrogen (secondary N) is 2. The highest BCUT2D eigenvalue weighted by molar-refractivity contribution is 9.10. The number of hydrogen-bond donors (Lipinski definition) is 2. The van der Waals surface area contributed by atoms with E-state index in [1.165, 1.54) is 12.1 Å². The van der Waals surface area contributed by atoms with Crippen molar-refractivity contribution in [1.29, 1.82) is 0 Å². The van der Waals surface area contributed by atoms with E-state index in [9.17, 15) is 24.5 Å².